The second-order valence-corrected chi connectivity index (χ2v) is 4.81. The molecule has 0 bridgehead atoms. The third-order valence-electron chi connectivity index (χ3n) is 2.48. The molecule has 0 radical (unpaired) electrons. The summed E-state index contributed by atoms with van der Waals surface area (Å²) < 4.78 is 11.1. The zero-order valence-corrected chi connectivity index (χ0v) is 10.3. The summed E-state index contributed by atoms with van der Waals surface area (Å²) in [5.74, 6) is -0.460. The fraction of sp³-hybridized carbons (Fsp3) is 0.500. The van der Waals surface area contributed by atoms with Gasteiger partial charge in [-0.3, -0.25) is 0 Å². The SMILES string of the molecule is CC1(C)OCC(Nc2ccc(Cl)cc2)CO1. The quantitative estimate of drug-likeness (QED) is 0.864. The van der Waals surface area contributed by atoms with Crippen LogP contribution in [0.4, 0.5) is 5.69 Å². The van der Waals surface area contributed by atoms with Crippen molar-refractivity contribution in [1.82, 2.24) is 0 Å². The van der Waals surface area contributed by atoms with Gasteiger partial charge in [0.25, 0.3) is 0 Å². The van der Waals surface area contributed by atoms with E-state index in [2.05, 4.69) is 5.32 Å². The van der Waals surface area contributed by atoms with E-state index in [4.69, 9.17) is 21.1 Å². The van der Waals surface area contributed by atoms with Gasteiger partial charge in [0.1, 0.15) is 0 Å². The maximum atomic E-state index is 5.81. The number of hydrogen-bond donors (Lipinski definition) is 1. The Morgan fingerprint density at radius 3 is 2.31 bits per heavy atom. The second kappa shape index (κ2) is 4.62. The Bertz CT molecular complexity index is 341. The number of hydrogen-bond acceptors (Lipinski definition) is 3. The molecule has 0 aliphatic carbocycles. The number of rotatable bonds is 2. The molecule has 88 valence electrons. The van der Waals surface area contributed by atoms with Gasteiger partial charge >= 0.3 is 0 Å². The van der Waals surface area contributed by atoms with Gasteiger partial charge in [-0.15, -0.1) is 0 Å². The normalized spacial score (nSPS) is 20.7. The third kappa shape index (κ3) is 3.11. The molecule has 1 aliphatic heterocycles. The van der Waals surface area contributed by atoms with E-state index < -0.39 is 5.79 Å². The molecule has 0 atom stereocenters. The minimum atomic E-state index is -0.460. The van der Waals surface area contributed by atoms with Gasteiger partial charge in [0.05, 0.1) is 19.3 Å². The summed E-state index contributed by atoms with van der Waals surface area (Å²) in [4.78, 5) is 0. The van der Waals surface area contributed by atoms with Crippen LogP contribution in [0.3, 0.4) is 0 Å². The molecule has 4 heteroatoms. The molecule has 3 nitrogen and oxygen atoms in total. The lowest BCUT2D eigenvalue weighted by Gasteiger charge is -2.35. The Hall–Kier alpha value is -0.770. The van der Waals surface area contributed by atoms with E-state index in [1.54, 1.807) is 0 Å². The lowest BCUT2D eigenvalue weighted by atomic mass is 10.2. The van der Waals surface area contributed by atoms with Crippen molar-refractivity contribution in [2.45, 2.75) is 25.7 Å². The summed E-state index contributed by atoms with van der Waals surface area (Å²) in [5, 5.41) is 4.08. The van der Waals surface area contributed by atoms with Crippen molar-refractivity contribution in [2.24, 2.45) is 0 Å². The van der Waals surface area contributed by atoms with Gasteiger partial charge in [-0.25, -0.2) is 0 Å². The van der Waals surface area contributed by atoms with Gasteiger partial charge in [0, 0.05) is 10.7 Å². The highest BCUT2D eigenvalue weighted by Crippen LogP contribution is 2.20. The third-order valence-corrected chi connectivity index (χ3v) is 2.73. The minimum Gasteiger partial charge on any atom is -0.378 e. The first-order valence-electron chi connectivity index (χ1n) is 5.35. The van der Waals surface area contributed by atoms with E-state index in [-0.39, 0.29) is 6.04 Å². The van der Waals surface area contributed by atoms with Crippen LogP contribution in [0.15, 0.2) is 24.3 Å². The molecular weight excluding hydrogens is 226 g/mol. The van der Waals surface area contributed by atoms with Crippen LogP contribution in [-0.2, 0) is 9.47 Å². The molecule has 1 aliphatic rings. The molecule has 1 saturated heterocycles. The molecule has 0 saturated carbocycles. The molecule has 2 rings (SSSR count). The molecule has 1 heterocycles. The van der Waals surface area contributed by atoms with Gasteiger partial charge in [-0.05, 0) is 38.1 Å². The van der Waals surface area contributed by atoms with Gasteiger partial charge in [0.15, 0.2) is 5.79 Å². The summed E-state index contributed by atoms with van der Waals surface area (Å²) in [6.07, 6.45) is 0. The molecular formula is C12H16ClNO2. The van der Waals surface area contributed by atoms with Crippen molar-refractivity contribution < 1.29 is 9.47 Å². The Morgan fingerprint density at radius 1 is 1.19 bits per heavy atom. The van der Waals surface area contributed by atoms with Crippen LogP contribution in [0.1, 0.15) is 13.8 Å². The zero-order chi connectivity index (χ0) is 11.6. The van der Waals surface area contributed by atoms with Gasteiger partial charge in [-0.2, -0.15) is 0 Å². The Balaban J connectivity index is 1.89. The maximum absolute atomic E-state index is 5.81. The summed E-state index contributed by atoms with van der Waals surface area (Å²) in [5.41, 5.74) is 1.03. The highest BCUT2D eigenvalue weighted by atomic mass is 35.5. The van der Waals surface area contributed by atoms with Crippen molar-refractivity contribution in [1.29, 1.82) is 0 Å². The molecule has 1 N–H and O–H groups in total. The number of halogens is 1. The monoisotopic (exact) mass is 241 g/mol. The van der Waals surface area contributed by atoms with E-state index >= 15 is 0 Å². The summed E-state index contributed by atoms with van der Waals surface area (Å²) >= 11 is 5.81. The first kappa shape index (κ1) is 11.7. The molecule has 1 fully saturated rings. The van der Waals surface area contributed by atoms with Crippen LogP contribution in [0.2, 0.25) is 5.02 Å². The smallest absolute Gasteiger partial charge is 0.162 e. The topological polar surface area (TPSA) is 30.5 Å². The number of nitrogens with one attached hydrogen (secondary N) is 1. The summed E-state index contributed by atoms with van der Waals surface area (Å²) in [6.45, 7) is 5.14. The number of ether oxygens (including phenoxy) is 2. The van der Waals surface area contributed by atoms with Crippen LogP contribution < -0.4 is 5.32 Å². The first-order valence-corrected chi connectivity index (χ1v) is 5.73. The second-order valence-electron chi connectivity index (χ2n) is 4.37. The predicted molar refractivity (Wildman–Crippen MR) is 64.8 cm³/mol. The van der Waals surface area contributed by atoms with Crippen LogP contribution in [0, 0.1) is 0 Å². The van der Waals surface area contributed by atoms with Crippen molar-refractivity contribution in [3.63, 3.8) is 0 Å². The predicted octanol–water partition coefficient (Wildman–Crippen LogP) is 2.90. The molecule has 0 aromatic heterocycles. The van der Waals surface area contributed by atoms with Crippen LogP contribution in [0.25, 0.3) is 0 Å². The summed E-state index contributed by atoms with van der Waals surface area (Å²) in [7, 11) is 0. The van der Waals surface area contributed by atoms with Crippen molar-refractivity contribution in [3.05, 3.63) is 29.3 Å². The maximum Gasteiger partial charge on any atom is 0.162 e. The van der Waals surface area contributed by atoms with Crippen molar-refractivity contribution in [2.75, 3.05) is 18.5 Å². The van der Waals surface area contributed by atoms with E-state index in [0.29, 0.717) is 13.2 Å². The van der Waals surface area contributed by atoms with Crippen LogP contribution in [0.5, 0.6) is 0 Å². The van der Waals surface area contributed by atoms with Crippen molar-refractivity contribution >= 4 is 17.3 Å². The van der Waals surface area contributed by atoms with Gasteiger partial charge < -0.3 is 14.8 Å². The first-order chi connectivity index (χ1) is 7.55. The average molecular weight is 242 g/mol. The standard InChI is InChI=1S/C12H16ClNO2/c1-12(2)15-7-11(8-16-12)14-10-5-3-9(13)4-6-10/h3-6,11,14H,7-8H2,1-2H3. The van der Waals surface area contributed by atoms with Gasteiger partial charge in [0.2, 0.25) is 0 Å². The van der Waals surface area contributed by atoms with Crippen LogP contribution in [-0.4, -0.2) is 25.0 Å². The van der Waals surface area contributed by atoms with E-state index in [9.17, 15) is 0 Å². The van der Waals surface area contributed by atoms with Crippen LogP contribution >= 0.6 is 11.6 Å². The minimum absolute atomic E-state index is 0.189. The lowest BCUT2D eigenvalue weighted by Crippen LogP contribution is -2.45. The van der Waals surface area contributed by atoms with E-state index in [1.807, 2.05) is 38.1 Å². The van der Waals surface area contributed by atoms with E-state index in [1.165, 1.54) is 0 Å². The molecule has 0 unspecified atom stereocenters. The fourth-order valence-corrected chi connectivity index (χ4v) is 1.68. The lowest BCUT2D eigenvalue weighted by molar-refractivity contribution is -0.247. The number of anilines is 1. The van der Waals surface area contributed by atoms with Crippen molar-refractivity contribution in [3.8, 4) is 0 Å². The van der Waals surface area contributed by atoms with Gasteiger partial charge in [-0.1, -0.05) is 11.6 Å². The molecule has 0 spiro atoms. The molecule has 1 aromatic carbocycles. The highest BCUT2D eigenvalue weighted by molar-refractivity contribution is 6.30. The molecule has 1 aromatic rings. The van der Waals surface area contributed by atoms with E-state index in [0.717, 1.165) is 10.7 Å². The molecule has 0 amide bonds. The molecule has 16 heavy (non-hydrogen) atoms. The fourth-order valence-electron chi connectivity index (χ4n) is 1.56. The largest absolute Gasteiger partial charge is 0.378 e. The summed E-state index contributed by atoms with van der Waals surface area (Å²) in [6, 6.07) is 7.80. The highest BCUT2D eigenvalue weighted by Gasteiger charge is 2.27. The Kier molecular flexibility index (Phi) is 3.38. The Labute approximate surface area is 101 Å². The Morgan fingerprint density at radius 2 is 1.75 bits per heavy atom. The zero-order valence-electron chi connectivity index (χ0n) is 9.50. The average Bonchev–Trinajstić information content (AvgIpc) is 2.24. The number of benzene rings is 1.